The summed E-state index contributed by atoms with van der Waals surface area (Å²) >= 11 is 1.36. The predicted molar refractivity (Wildman–Crippen MR) is 100 cm³/mol. The highest BCUT2D eigenvalue weighted by atomic mass is 32.1. The van der Waals surface area contributed by atoms with E-state index >= 15 is 0 Å². The lowest BCUT2D eigenvalue weighted by Crippen LogP contribution is -2.45. The van der Waals surface area contributed by atoms with Crippen molar-refractivity contribution in [2.45, 2.75) is 37.8 Å². The van der Waals surface area contributed by atoms with Gasteiger partial charge in [0.2, 0.25) is 5.91 Å². The molecule has 0 spiro atoms. The van der Waals surface area contributed by atoms with Crippen LogP contribution in [0.4, 0.5) is 10.1 Å². The Labute approximate surface area is 156 Å². The lowest BCUT2D eigenvalue weighted by molar-refractivity contribution is -0.125. The van der Waals surface area contributed by atoms with Crippen molar-refractivity contribution in [2.75, 3.05) is 4.90 Å². The van der Waals surface area contributed by atoms with Crippen LogP contribution in [0.25, 0.3) is 0 Å². The van der Waals surface area contributed by atoms with Gasteiger partial charge in [-0.15, -0.1) is 17.8 Å². The SMILES string of the molecule is C#CC(=O)N(c1cccc(F)c1)[C@H](C(=O)NC1CCCC1)c1cccs1. The molecule has 0 unspecified atom stereocenters. The van der Waals surface area contributed by atoms with Crippen LogP contribution in [0, 0.1) is 18.2 Å². The third kappa shape index (κ3) is 3.94. The molecule has 1 heterocycles. The normalized spacial score (nSPS) is 15.2. The van der Waals surface area contributed by atoms with Crippen LogP contribution < -0.4 is 10.2 Å². The number of hydrogen-bond acceptors (Lipinski definition) is 3. The van der Waals surface area contributed by atoms with Gasteiger partial charge in [0.1, 0.15) is 5.82 Å². The first kappa shape index (κ1) is 18.2. The highest BCUT2D eigenvalue weighted by Crippen LogP contribution is 2.31. The molecule has 1 atom stereocenters. The molecule has 134 valence electrons. The highest BCUT2D eigenvalue weighted by molar-refractivity contribution is 7.10. The third-order valence-electron chi connectivity index (χ3n) is 4.45. The molecule has 1 aromatic carbocycles. The van der Waals surface area contributed by atoms with E-state index in [4.69, 9.17) is 6.42 Å². The van der Waals surface area contributed by atoms with Gasteiger partial charge in [-0.1, -0.05) is 25.0 Å². The van der Waals surface area contributed by atoms with Crippen molar-refractivity contribution < 1.29 is 14.0 Å². The van der Waals surface area contributed by atoms with Gasteiger partial charge in [0.05, 0.1) is 0 Å². The summed E-state index contributed by atoms with van der Waals surface area (Å²) in [5.41, 5.74) is 0.257. The molecule has 4 nitrogen and oxygen atoms in total. The van der Waals surface area contributed by atoms with Crippen LogP contribution in [0.3, 0.4) is 0 Å². The number of benzene rings is 1. The number of terminal acetylenes is 1. The van der Waals surface area contributed by atoms with Crippen LogP contribution in [-0.2, 0) is 9.59 Å². The maximum Gasteiger partial charge on any atom is 0.303 e. The molecule has 0 radical (unpaired) electrons. The molecule has 26 heavy (non-hydrogen) atoms. The molecule has 6 heteroatoms. The van der Waals surface area contributed by atoms with Crippen molar-refractivity contribution in [3.05, 3.63) is 52.5 Å². The largest absolute Gasteiger partial charge is 0.351 e. The molecule has 0 saturated heterocycles. The fourth-order valence-corrected chi connectivity index (χ4v) is 4.06. The summed E-state index contributed by atoms with van der Waals surface area (Å²) in [5, 5.41) is 4.85. The molecular formula is C20H19FN2O2S. The number of carbonyl (C=O) groups excluding carboxylic acids is 2. The summed E-state index contributed by atoms with van der Waals surface area (Å²) in [7, 11) is 0. The number of anilines is 1. The Morgan fingerprint density at radius 2 is 2.04 bits per heavy atom. The molecule has 1 aliphatic rings. The van der Waals surface area contributed by atoms with Gasteiger partial charge in [0.25, 0.3) is 0 Å². The first-order valence-electron chi connectivity index (χ1n) is 8.49. The monoisotopic (exact) mass is 370 g/mol. The lowest BCUT2D eigenvalue weighted by atomic mass is 10.1. The summed E-state index contributed by atoms with van der Waals surface area (Å²) in [6, 6.07) is 8.30. The minimum Gasteiger partial charge on any atom is -0.351 e. The number of hydrogen-bond donors (Lipinski definition) is 1. The van der Waals surface area contributed by atoms with E-state index in [2.05, 4.69) is 11.2 Å². The molecule has 2 aromatic rings. The molecule has 0 bridgehead atoms. The Balaban J connectivity index is 2.00. The Hall–Kier alpha value is -2.65. The smallest absolute Gasteiger partial charge is 0.303 e. The zero-order chi connectivity index (χ0) is 18.5. The van der Waals surface area contributed by atoms with Crippen LogP contribution in [-0.4, -0.2) is 17.9 Å². The number of amides is 2. The Morgan fingerprint density at radius 3 is 2.65 bits per heavy atom. The van der Waals surface area contributed by atoms with Gasteiger partial charge in [-0.3, -0.25) is 14.5 Å². The molecule has 1 N–H and O–H groups in total. The molecule has 1 saturated carbocycles. The summed E-state index contributed by atoms with van der Waals surface area (Å²) in [5.74, 6) is 0.578. The van der Waals surface area contributed by atoms with Crippen LogP contribution in [0.15, 0.2) is 41.8 Å². The molecule has 3 rings (SSSR count). The van der Waals surface area contributed by atoms with Gasteiger partial charge >= 0.3 is 5.91 Å². The molecule has 1 aromatic heterocycles. The van der Waals surface area contributed by atoms with Crippen molar-refractivity contribution in [1.82, 2.24) is 5.32 Å². The van der Waals surface area contributed by atoms with E-state index in [0.717, 1.165) is 25.7 Å². The van der Waals surface area contributed by atoms with Crippen molar-refractivity contribution in [3.63, 3.8) is 0 Å². The van der Waals surface area contributed by atoms with Crippen molar-refractivity contribution in [3.8, 4) is 12.3 Å². The lowest BCUT2D eigenvalue weighted by Gasteiger charge is -2.30. The van der Waals surface area contributed by atoms with E-state index in [1.54, 1.807) is 18.2 Å². The van der Waals surface area contributed by atoms with Gasteiger partial charge in [-0.2, -0.15) is 0 Å². The average Bonchev–Trinajstić information content (AvgIpc) is 3.32. The second-order valence-corrected chi connectivity index (χ2v) is 7.19. The maximum atomic E-state index is 13.7. The molecule has 1 fully saturated rings. The van der Waals surface area contributed by atoms with Crippen LogP contribution >= 0.6 is 11.3 Å². The van der Waals surface area contributed by atoms with Gasteiger partial charge in [-0.25, -0.2) is 4.39 Å². The van der Waals surface area contributed by atoms with Crippen LogP contribution in [0.5, 0.6) is 0 Å². The zero-order valence-corrected chi connectivity index (χ0v) is 15.0. The van der Waals surface area contributed by atoms with E-state index in [1.807, 2.05) is 5.38 Å². The summed E-state index contributed by atoms with van der Waals surface area (Å²) in [6.07, 6.45) is 9.33. The van der Waals surface area contributed by atoms with E-state index in [1.165, 1.54) is 34.4 Å². The van der Waals surface area contributed by atoms with Crippen LogP contribution in [0.1, 0.15) is 36.6 Å². The maximum absolute atomic E-state index is 13.7. The zero-order valence-electron chi connectivity index (χ0n) is 14.2. The van der Waals surface area contributed by atoms with Gasteiger partial charge in [0.15, 0.2) is 6.04 Å². The number of halogens is 1. The van der Waals surface area contributed by atoms with Crippen molar-refractivity contribution in [1.29, 1.82) is 0 Å². The highest BCUT2D eigenvalue weighted by Gasteiger charge is 2.34. The third-order valence-corrected chi connectivity index (χ3v) is 5.37. The van der Waals surface area contributed by atoms with Crippen molar-refractivity contribution >= 4 is 28.8 Å². The summed E-state index contributed by atoms with van der Waals surface area (Å²) in [4.78, 5) is 27.4. The topological polar surface area (TPSA) is 49.4 Å². The number of thiophene rings is 1. The fraction of sp³-hybridized carbons (Fsp3) is 0.300. The fourth-order valence-electron chi connectivity index (χ4n) is 3.25. The van der Waals surface area contributed by atoms with E-state index in [-0.39, 0.29) is 17.6 Å². The standard InChI is InChI=1S/C20H19FN2O2S/c1-2-18(24)23(16-10-5-7-14(21)13-16)19(17-11-6-12-26-17)20(25)22-15-8-3-4-9-15/h1,5-7,10-13,15,19H,3-4,8-9H2,(H,22,25)/t19-/m0/s1. The molecule has 1 aliphatic carbocycles. The summed E-state index contributed by atoms with van der Waals surface area (Å²) < 4.78 is 13.7. The average molecular weight is 370 g/mol. The van der Waals surface area contributed by atoms with Gasteiger partial charge in [0, 0.05) is 16.6 Å². The molecule has 2 amide bonds. The molecule has 0 aliphatic heterocycles. The second-order valence-electron chi connectivity index (χ2n) is 6.21. The van der Waals surface area contributed by atoms with E-state index < -0.39 is 17.8 Å². The first-order valence-corrected chi connectivity index (χ1v) is 9.37. The van der Waals surface area contributed by atoms with Crippen LogP contribution in [0.2, 0.25) is 0 Å². The minimum atomic E-state index is -0.930. The van der Waals surface area contributed by atoms with E-state index in [0.29, 0.717) is 4.88 Å². The summed E-state index contributed by atoms with van der Waals surface area (Å²) in [6.45, 7) is 0. The Bertz CT molecular complexity index is 823. The molecular weight excluding hydrogens is 351 g/mol. The Kier molecular flexibility index (Phi) is 5.69. The second kappa shape index (κ2) is 8.15. The number of nitrogens with one attached hydrogen (secondary N) is 1. The minimum absolute atomic E-state index is 0.0975. The van der Waals surface area contributed by atoms with Crippen molar-refractivity contribution in [2.24, 2.45) is 0 Å². The Morgan fingerprint density at radius 1 is 1.27 bits per heavy atom. The number of rotatable bonds is 5. The number of carbonyl (C=O) groups is 2. The van der Waals surface area contributed by atoms with Gasteiger partial charge < -0.3 is 5.32 Å². The van der Waals surface area contributed by atoms with Gasteiger partial charge in [-0.05, 0) is 48.4 Å². The first-order chi connectivity index (χ1) is 12.6. The van der Waals surface area contributed by atoms with E-state index in [9.17, 15) is 14.0 Å². The number of nitrogens with zero attached hydrogens (tertiary/aromatic N) is 1. The predicted octanol–water partition coefficient (Wildman–Crippen LogP) is 3.65. The quantitative estimate of drug-likeness (QED) is 0.817.